The molecule has 0 spiro atoms. The van der Waals surface area contributed by atoms with Gasteiger partial charge >= 0.3 is 0 Å². The van der Waals surface area contributed by atoms with Crippen LogP contribution < -0.4 is 4.90 Å². The van der Waals surface area contributed by atoms with Crippen molar-refractivity contribution < 1.29 is 0 Å². The summed E-state index contributed by atoms with van der Waals surface area (Å²) in [6, 6.07) is 10.3. The van der Waals surface area contributed by atoms with Crippen molar-refractivity contribution in [3.05, 3.63) is 35.0 Å². The minimum absolute atomic E-state index is 0.504. The number of hydrogen-bond donors (Lipinski definition) is 0. The highest BCUT2D eigenvalue weighted by molar-refractivity contribution is 7.16. The maximum Gasteiger partial charge on any atom is 0.214 e. The zero-order chi connectivity index (χ0) is 16.6. The first-order valence-electron chi connectivity index (χ1n) is 7.56. The average Bonchev–Trinajstić information content (AvgIpc) is 3.03. The number of fused-ring (bicyclic) bond motifs is 1. The number of benzene rings is 1. The molecule has 2 aromatic heterocycles. The van der Waals surface area contributed by atoms with Gasteiger partial charge in [0.15, 0.2) is 5.69 Å². The summed E-state index contributed by atoms with van der Waals surface area (Å²) in [6.07, 6.45) is 0.908. The van der Waals surface area contributed by atoms with E-state index in [1.165, 1.54) is 0 Å². The predicted molar refractivity (Wildman–Crippen MR) is 93.9 cm³/mol. The van der Waals surface area contributed by atoms with Crippen molar-refractivity contribution in [2.45, 2.75) is 20.3 Å². The second kappa shape index (κ2) is 6.01. The van der Waals surface area contributed by atoms with Crippen molar-refractivity contribution in [1.29, 1.82) is 5.26 Å². The first kappa shape index (κ1) is 15.5. The molecule has 2 heterocycles. The summed E-state index contributed by atoms with van der Waals surface area (Å²) in [4.78, 5) is 7.46. The molecular formula is C17H19N5S. The van der Waals surface area contributed by atoms with E-state index in [9.17, 15) is 5.26 Å². The molecule has 23 heavy (non-hydrogen) atoms. The summed E-state index contributed by atoms with van der Waals surface area (Å²) in [5.74, 6) is 0.537. The van der Waals surface area contributed by atoms with E-state index in [0.29, 0.717) is 17.3 Å². The van der Waals surface area contributed by atoms with Crippen LogP contribution in [0.2, 0.25) is 0 Å². The standard InChI is InChI=1S/C17H19N5S/c1-11(2)9-15-20-22-14(10-18)16(19-17(22)23-15)12-5-7-13(8-6-12)21(3)4/h5-8,11H,9H2,1-4H3. The molecule has 0 N–H and O–H groups in total. The Morgan fingerprint density at radius 2 is 1.96 bits per heavy atom. The first-order chi connectivity index (χ1) is 11.0. The number of rotatable bonds is 4. The van der Waals surface area contributed by atoms with E-state index in [1.807, 2.05) is 43.3 Å². The highest BCUT2D eigenvalue weighted by atomic mass is 32.1. The summed E-state index contributed by atoms with van der Waals surface area (Å²) in [6.45, 7) is 4.32. The van der Waals surface area contributed by atoms with Gasteiger partial charge in [-0.25, -0.2) is 4.98 Å². The fraction of sp³-hybridized carbons (Fsp3) is 0.353. The highest BCUT2D eigenvalue weighted by Crippen LogP contribution is 2.28. The molecule has 0 unspecified atom stereocenters. The van der Waals surface area contributed by atoms with Gasteiger partial charge in [0.25, 0.3) is 0 Å². The van der Waals surface area contributed by atoms with Gasteiger partial charge in [-0.2, -0.15) is 14.9 Å². The molecule has 3 aromatic rings. The van der Waals surface area contributed by atoms with Gasteiger partial charge in [0.05, 0.1) is 0 Å². The lowest BCUT2D eigenvalue weighted by atomic mass is 10.1. The van der Waals surface area contributed by atoms with Crippen molar-refractivity contribution in [3.63, 3.8) is 0 Å². The minimum atomic E-state index is 0.504. The molecule has 0 fully saturated rings. The number of nitriles is 1. The molecule has 0 saturated heterocycles. The van der Waals surface area contributed by atoms with Crippen LogP contribution in [0.15, 0.2) is 24.3 Å². The van der Waals surface area contributed by atoms with Crippen LogP contribution in [-0.2, 0) is 6.42 Å². The molecular weight excluding hydrogens is 306 g/mol. The van der Waals surface area contributed by atoms with Crippen molar-refractivity contribution in [2.75, 3.05) is 19.0 Å². The van der Waals surface area contributed by atoms with Crippen molar-refractivity contribution in [3.8, 4) is 17.3 Å². The molecule has 0 aliphatic carbocycles. The Morgan fingerprint density at radius 3 is 2.52 bits per heavy atom. The molecule has 0 bridgehead atoms. The van der Waals surface area contributed by atoms with Crippen LogP contribution in [0.25, 0.3) is 16.2 Å². The quantitative estimate of drug-likeness (QED) is 0.735. The van der Waals surface area contributed by atoms with Gasteiger partial charge in [0.2, 0.25) is 4.96 Å². The van der Waals surface area contributed by atoms with E-state index < -0.39 is 0 Å². The van der Waals surface area contributed by atoms with E-state index in [-0.39, 0.29) is 0 Å². The van der Waals surface area contributed by atoms with Crippen LogP contribution in [-0.4, -0.2) is 28.7 Å². The molecule has 0 amide bonds. The maximum absolute atomic E-state index is 9.55. The van der Waals surface area contributed by atoms with Crippen molar-refractivity contribution in [2.24, 2.45) is 5.92 Å². The first-order valence-corrected chi connectivity index (χ1v) is 8.37. The van der Waals surface area contributed by atoms with Crippen LogP contribution in [0.1, 0.15) is 24.5 Å². The second-order valence-electron chi connectivity index (χ2n) is 6.15. The Labute approximate surface area is 139 Å². The summed E-state index contributed by atoms with van der Waals surface area (Å²) in [7, 11) is 4.00. The monoisotopic (exact) mass is 325 g/mol. The zero-order valence-corrected chi connectivity index (χ0v) is 14.6. The Kier molecular flexibility index (Phi) is 4.05. The zero-order valence-electron chi connectivity index (χ0n) is 13.7. The predicted octanol–water partition coefficient (Wildman–Crippen LogP) is 3.59. The van der Waals surface area contributed by atoms with E-state index in [4.69, 9.17) is 0 Å². The largest absolute Gasteiger partial charge is 0.378 e. The van der Waals surface area contributed by atoms with E-state index in [2.05, 4.69) is 30.0 Å². The molecule has 0 aliphatic rings. The number of anilines is 1. The normalized spacial score (nSPS) is 11.1. The molecule has 6 heteroatoms. The SMILES string of the molecule is CC(C)Cc1nn2c(C#N)c(-c3ccc(N(C)C)cc3)nc2s1. The Balaban J connectivity index is 2.04. The topological polar surface area (TPSA) is 57.2 Å². The number of hydrogen-bond acceptors (Lipinski definition) is 5. The maximum atomic E-state index is 9.55. The van der Waals surface area contributed by atoms with Gasteiger partial charge in [-0.15, -0.1) is 0 Å². The summed E-state index contributed by atoms with van der Waals surface area (Å²) in [5.41, 5.74) is 3.26. The van der Waals surface area contributed by atoms with Crippen LogP contribution in [0.4, 0.5) is 5.69 Å². The van der Waals surface area contributed by atoms with Crippen molar-refractivity contribution in [1.82, 2.24) is 14.6 Å². The van der Waals surface area contributed by atoms with Crippen LogP contribution in [0, 0.1) is 17.2 Å². The van der Waals surface area contributed by atoms with Crippen LogP contribution >= 0.6 is 11.3 Å². The molecule has 118 valence electrons. The van der Waals surface area contributed by atoms with Gasteiger partial charge in [0.1, 0.15) is 16.8 Å². The Bertz CT molecular complexity index is 865. The lowest BCUT2D eigenvalue weighted by molar-refractivity contribution is 0.636. The van der Waals surface area contributed by atoms with E-state index in [0.717, 1.165) is 27.6 Å². The highest BCUT2D eigenvalue weighted by Gasteiger charge is 2.18. The molecule has 0 saturated carbocycles. The van der Waals surface area contributed by atoms with E-state index in [1.54, 1.807) is 15.9 Å². The second-order valence-corrected chi connectivity index (χ2v) is 7.19. The number of imidazole rings is 1. The Morgan fingerprint density at radius 1 is 1.26 bits per heavy atom. The minimum Gasteiger partial charge on any atom is -0.378 e. The molecule has 0 radical (unpaired) electrons. The summed E-state index contributed by atoms with van der Waals surface area (Å²) < 4.78 is 1.68. The molecule has 1 aromatic carbocycles. The molecule has 5 nitrogen and oxygen atoms in total. The third kappa shape index (κ3) is 2.92. The van der Waals surface area contributed by atoms with Crippen LogP contribution in [0.5, 0.6) is 0 Å². The average molecular weight is 325 g/mol. The van der Waals surface area contributed by atoms with Gasteiger partial charge in [-0.05, 0) is 18.1 Å². The number of aromatic nitrogens is 3. The Hall–Kier alpha value is -2.39. The lowest BCUT2D eigenvalue weighted by Crippen LogP contribution is -2.07. The number of nitrogens with zero attached hydrogens (tertiary/aromatic N) is 5. The molecule has 3 rings (SSSR count). The third-order valence-electron chi connectivity index (χ3n) is 3.59. The molecule has 0 aliphatic heterocycles. The summed E-state index contributed by atoms with van der Waals surface area (Å²) in [5, 5.41) is 15.1. The lowest BCUT2D eigenvalue weighted by Gasteiger charge is -2.12. The van der Waals surface area contributed by atoms with E-state index >= 15 is 0 Å². The summed E-state index contributed by atoms with van der Waals surface area (Å²) >= 11 is 1.56. The smallest absolute Gasteiger partial charge is 0.214 e. The van der Waals surface area contributed by atoms with Gasteiger partial charge in [-0.3, -0.25) is 0 Å². The fourth-order valence-corrected chi connectivity index (χ4v) is 3.54. The molecule has 0 atom stereocenters. The van der Waals surface area contributed by atoms with Gasteiger partial charge in [-0.1, -0.05) is 37.3 Å². The van der Waals surface area contributed by atoms with Gasteiger partial charge in [0, 0.05) is 31.8 Å². The third-order valence-corrected chi connectivity index (χ3v) is 4.52. The van der Waals surface area contributed by atoms with Gasteiger partial charge < -0.3 is 4.90 Å². The fourth-order valence-electron chi connectivity index (χ4n) is 2.44. The van der Waals surface area contributed by atoms with Crippen molar-refractivity contribution >= 4 is 22.0 Å². The van der Waals surface area contributed by atoms with Crippen LogP contribution in [0.3, 0.4) is 0 Å².